The average molecular weight is 413 g/mol. The Hall–Kier alpha value is -2.32. The zero-order valence-corrected chi connectivity index (χ0v) is 16.5. The van der Waals surface area contributed by atoms with E-state index in [1.54, 1.807) is 27.0 Å². The van der Waals surface area contributed by atoms with Gasteiger partial charge in [-0.1, -0.05) is 11.6 Å². The summed E-state index contributed by atoms with van der Waals surface area (Å²) in [5, 5.41) is -0.287. The normalized spacial score (nSPS) is 16.3. The van der Waals surface area contributed by atoms with Crippen LogP contribution in [0.1, 0.15) is 13.8 Å². The van der Waals surface area contributed by atoms with Crippen LogP contribution in [0, 0.1) is 11.2 Å². The van der Waals surface area contributed by atoms with Gasteiger partial charge in [-0.15, -0.1) is 0 Å². The van der Waals surface area contributed by atoms with E-state index in [2.05, 4.69) is 4.72 Å². The summed E-state index contributed by atoms with van der Waals surface area (Å²) in [6, 6.07) is 7.77. The van der Waals surface area contributed by atoms with Crippen molar-refractivity contribution in [1.82, 2.24) is 0 Å². The molecule has 2 aromatic rings. The summed E-state index contributed by atoms with van der Waals surface area (Å²) in [6.45, 7) is 3.71. The second-order valence-corrected chi connectivity index (χ2v) is 8.99. The van der Waals surface area contributed by atoms with Crippen LogP contribution in [-0.4, -0.2) is 28.0 Å². The smallest absolute Gasteiger partial charge is 0.261 e. The molecule has 2 aromatic carbocycles. The first kappa shape index (κ1) is 19.4. The molecule has 0 aromatic heterocycles. The van der Waals surface area contributed by atoms with E-state index in [0.717, 1.165) is 18.2 Å². The van der Waals surface area contributed by atoms with Crippen molar-refractivity contribution < 1.29 is 22.3 Å². The van der Waals surface area contributed by atoms with Gasteiger partial charge in [0.2, 0.25) is 5.91 Å². The fourth-order valence-electron chi connectivity index (χ4n) is 2.71. The fraction of sp³-hybridized carbons (Fsp3) is 0.278. The minimum absolute atomic E-state index is 0.101. The topological polar surface area (TPSA) is 75.7 Å². The maximum Gasteiger partial charge on any atom is 0.261 e. The van der Waals surface area contributed by atoms with E-state index in [1.807, 2.05) is 0 Å². The molecule has 0 bridgehead atoms. The van der Waals surface area contributed by atoms with Crippen LogP contribution in [0.25, 0.3) is 0 Å². The number of nitrogens with zero attached hydrogens (tertiary/aromatic N) is 1. The van der Waals surface area contributed by atoms with Gasteiger partial charge >= 0.3 is 0 Å². The quantitative estimate of drug-likeness (QED) is 0.834. The van der Waals surface area contributed by atoms with Crippen molar-refractivity contribution in [3.8, 4) is 5.75 Å². The zero-order valence-electron chi connectivity index (χ0n) is 14.9. The molecular weight excluding hydrogens is 395 g/mol. The van der Waals surface area contributed by atoms with Gasteiger partial charge in [-0.25, -0.2) is 12.8 Å². The molecule has 0 unspecified atom stereocenters. The lowest BCUT2D eigenvalue weighted by atomic mass is 9.93. The summed E-state index contributed by atoms with van der Waals surface area (Å²) in [5.41, 5.74) is 0.0753. The molecule has 1 aliphatic rings. The van der Waals surface area contributed by atoms with Crippen LogP contribution in [0.15, 0.2) is 41.3 Å². The van der Waals surface area contributed by atoms with Crippen LogP contribution < -0.4 is 14.4 Å². The van der Waals surface area contributed by atoms with Gasteiger partial charge in [0, 0.05) is 13.1 Å². The first-order valence-corrected chi connectivity index (χ1v) is 9.90. The van der Waals surface area contributed by atoms with Gasteiger partial charge in [0.05, 0.1) is 26.7 Å². The lowest BCUT2D eigenvalue weighted by molar-refractivity contribution is -0.127. The Kier molecular flexibility index (Phi) is 4.81. The van der Waals surface area contributed by atoms with Gasteiger partial charge < -0.3 is 9.64 Å². The Balaban J connectivity index is 1.93. The number of nitrogens with one attached hydrogen (secondary N) is 1. The van der Waals surface area contributed by atoms with E-state index in [9.17, 15) is 17.6 Å². The van der Waals surface area contributed by atoms with E-state index in [0.29, 0.717) is 11.4 Å². The Morgan fingerprint density at radius 2 is 1.93 bits per heavy atom. The molecule has 1 heterocycles. The number of anilines is 2. The highest BCUT2D eigenvalue weighted by atomic mass is 35.5. The second-order valence-electron chi connectivity index (χ2n) is 6.90. The molecule has 0 saturated carbocycles. The van der Waals surface area contributed by atoms with Gasteiger partial charge in [0.15, 0.2) is 0 Å². The molecule has 3 rings (SSSR count). The molecule has 0 radical (unpaired) electrons. The van der Waals surface area contributed by atoms with Crippen LogP contribution in [0.3, 0.4) is 0 Å². The number of hydrogen-bond acceptors (Lipinski definition) is 4. The Labute approximate surface area is 161 Å². The predicted octanol–water partition coefficient (Wildman–Crippen LogP) is 3.66. The summed E-state index contributed by atoms with van der Waals surface area (Å²) < 4.78 is 46.5. The highest BCUT2D eigenvalue weighted by Crippen LogP contribution is 2.37. The Bertz CT molecular complexity index is 1020. The van der Waals surface area contributed by atoms with E-state index in [-0.39, 0.29) is 28.1 Å². The number of benzene rings is 2. The minimum atomic E-state index is -3.97. The lowest BCUT2D eigenvalue weighted by Crippen LogP contribution is -2.39. The molecular formula is C18H18ClFN2O4S. The number of sulfonamides is 1. The van der Waals surface area contributed by atoms with Crippen molar-refractivity contribution in [1.29, 1.82) is 0 Å². The van der Waals surface area contributed by atoms with Gasteiger partial charge in [-0.05, 0) is 44.2 Å². The molecule has 1 amide bonds. The second kappa shape index (κ2) is 6.69. The molecule has 1 aliphatic heterocycles. The molecule has 6 nitrogen and oxygen atoms in total. The third-order valence-corrected chi connectivity index (χ3v) is 5.92. The molecule has 0 fully saturated rings. The Morgan fingerprint density at radius 1 is 1.22 bits per heavy atom. The summed E-state index contributed by atoms with van der Waals surface area (Å²) in [7, 11) is -2.33. The average Bonchev–Trinajstić information content (AvgIpc) is 2.68. The van der Waals surface area contributed by atoms with Gasteiger partial charge in [-0.3, -0.25) is 9.52 Å². The van der Waals surface area contributed by atoms with Crippen molar-refractivity contribution >= 4 is 38.9 Å². The van der Waals surface area contributed by atoms with Crippen molar-refractivity contribution in [2.45, 2.75) is 18.7 Å². The number of rotatable bonds is 3. The molecule has 0 atom stereocenters. The monoisotopic (exact) mass is 412 g/mol. The molecule has 9 heteroatoms. The standard InChI is InChI=1S/C18H18ClFN2O4S/c1-18(2)10-26-16-8-11(4-7-15(16)22(3)17(18)23)21-27(24,25)12-5-6-14(20)13(19)9-12/h4-9,21H,10H2,1-3H3. The molecule has 0 spiro atoms. The third-order valence-electron chi connectivity index (χ3n) is 4.25. The minimum Gasteiger partial charge on any atom is -0.490 e. The number of fused-ring (bicyclic) bond motifs is 1. The maximum atomic E-state index is 13.3. The largest absolute Gasteiger partial charge is 0.490 e. The van der Waals surface area contributed by atoms with E-state index < -0.39 is 21.3 Å². The summed E-state index contributed by atoms with van der Waals surface area (Å²) in [4.78, 5) is 13.8. The highest BCUT2D eigenvalue weighted by Gasteiger charge is 2.36. The summed E-state index contributed by atoms with van der Waals surface area (Å²) in [6.07, 6.45) is 0. The number of halogens is 2. The summed E-state index contributed by atoms with van der Waals surface area (Å²) in [5.74, 6) is -0.423. The lowest BCUT2D eigenvalue weighted by Gasteiger charge is -2.24. The molecule has 144 valence electrons. The molecule has 0 aliphatic carbocycles. The first-order valence-electron chi connectivity index (χ1n) is 8.04. The predicted molar refractivity (Wildman–Crippen MR) is 101 cm³/mol. The number of carbonyl (C=O) groups is 1. The number of carbonyl (C=O) groups excluding carboxylic acids is 1. The highest BCUT2D eigenvalue weighted by molar-refractivity contribution is 7.92. The molecule has 0 saturated heterocycles. The zero-order chi connectivity index (χ0) is 20.0. The van der Waals surface area contributed by atoms with E-state index in [4.69, 9.17) is 16.3 Å². The van der Waals surface area contributed by atoms with Gasteiger partial charge in [0.25, 0.3) is 10.0 Å². The Morgan fingerprint density at radius 3 is 2.59 bits per heavy atom. The fourth-order valence-corrected chi connectivity index (χ4v) is 4.03. The van der Waals surface area contributed by atoms with Crippen LogP contribution in [0.5, 0.6) is 5.75 Å². The van der Waals surface area contributed by atoms with Crippen LogP contribution >= 0.6 is 11.6 Å². The van der Waals surface area contributed by atoms with E-state index >= 15 is 0 Å². The SMILES string of the molecule is CN1C(=O)C(C)(C)COc2cc(NS(=O)(=O)c3ccc(F)c(Cl)c3)ccc21. The first-order chi connectivity index (χ1) is 12.5. The van der Waals surface area contributed by atoms with Crippen molar-refractivity contribution in [2.24, 2.45) is 5.41 Å². The number of amides is 1. The van der Waals surface area contributed by atoms with Crippen molar-refractivity contribution in [2.75, 3.05) is 23.3 Å². The van der Waals surface area contributed by atoms with Gasteiger partial charge in [0.1, 0.15) is 18.2 Å². The third kappa shape index (κ3) is 3.72. The van der Waals surface area contributed by atoms with Crippen LogP contribution in [0.2, 0.25) is 5.02 Å². The summed E-state index contributed by atoms with van der Waals surface area (Å²) >= 11 is 5.67. The van der Waals surface area contributed by atoms with Crippen molar-refractivity contribution in [3.63, 3.8) is 0 Å². The molecule has 27 heavy (non-hydrogen) atoms. The molecule has 1 N–H and O–H groups in total. The maximum absolute atomic E-state index is 13.3. The number of hydrogen-bond donors (Lipinski definition) is 1. The van der Waals surface area contributed by atoms with Crippen LogP contribution in [-0.2, 0) is 14.8 Å². The van der Waals surface area contributed by atoms with Gasteiger partial charge in [-0.2, -0.15) is 0 Å². The number of ether oxygens (including phenoxy) is 1. The van der Waals surface area contributed by atoms with E-state index in [1.165, 1.54) is 17.0 Å². The van der Waals surface area contributed by atoms with Crippen molar-refractivity contribution in [3.05, 3.63) is 47.2 Å². The van der Waals surface area contributed by atoms with Crippen LogP contribution in [0.4, 0.5) is 15.8 Å².